The molecule has 2 atom stereocenters. The Morgan fingerprint density at radius 1 is 1.11 bits per heavy atom. The lowest BCUT2D eigenvalue weighted by atomic mass is 10.0. The van der Waals surface area contributed by atoms with E-state index >= 15 is 0 Å². The number of aromatic nitrogens is 2. The molecule has 0 spiro atoms. The van der Waals surface area contributed by atoms with Gasteiger partial charge in [0.2, 0.25) is 11.8 Å². The first kappa shape index (κ1) is 24.8. The van der Waals surface area contributed by atoms with Crippen molar-refractivity contribution in [3.63, 3.8) is 0 Å². The highest BCUT2D eigenvalue weighted by atomic mass is 19.2. The summed E-state index contributed by atoms with van der Waals surface area (Å²) in [5.74, 6) is -2.55. The van der Waals surface area contributed by atoms with Gasteiger partial charge in [0.15, 0.2) is 11.6 Å². The van der Waals surface area contributed by atoms with Crippen LogP contribution in [-0.2, 0) is 29.6 Å². The van der Waals surface area contributed by atoms with Gasteiger partial charge in [0, 0.05) is 31.4 Å². The van der Waals surface area contributed by atoms with E-state index in [1.165, 1.54) is 6.07 Å². The summed E-state index contributed by atoms with van der Waals surface area (Å²) >= 11 is 0. The van der Waals surface area contributed by atoms with Crippen molar-refractivity contribution in [3.05, 3.63) is 65.4 Å². The number of carbonyl (C=O) groups is 2. The molecule has 186 valence electrons. The smallest absolute Gasteiger partial charge is 0.243 e. The maximum atomic E-state index is 13.8. The van der Waals surface area contributed by atoms with E-state index in [2.05, 4.69) is 20.6 Å². The minimum Gasteiger partial charge on any atom is -0.350 e. The van der Waals surface area contributed by atoms with Crippen molar-refractivity contribution in [1.82, 2.24) is 25.3 Å². The molecule has 0 aliphatic carbocycles. The zero-order valence-corrected chi connectivity index (χ0v) is 20.2. The molecule has 2 amide bonds. The number of benzene rings is 2. The van der Waals surface area contributed by atoms with Crippen LogP contribution in [0.2, 0.25) is 0 Å². The van der Waals surface area contributed by atoms with Crippen LogP contribution in [0.5, 0.6) is 0 Å². The summed E-state index contributed by atoms with van der Waals surface area (Å²) in [5.41, 5.74) is 2.29. The Hall–Kier alpha value is -3.33. The van der Waals surface area contributed by atoms with E-state index in [0.717, 1.165) is 41.6 Å². The fourth-order valence-corrected chi connectivity index (χ4v) is 4.70. The fourth-order valence-electron chi connectivity index (χ4n) is 4.70. The first-order valence-electron chi connectivity index (χ1n) is 11.9. The van der Waals surface area contributed by atoms with Crippen LogP contribution in [0.1, 0.15) is 37.8 Å². The van der Waals surface area contributed by atoms with Gasteiger partial charge in [-0.15, -0.1) is 0 Å². The molecule has 0 radical (unpaired) electrons. The van der Waals surface area contributed by atoms with E-state index < -0.39 is 17.7 Å². The number of fused-ring (bicyclic) bond motifs is 1. The fraction of sp³-hybridized carbons (Fsp3) is 0.423. The lowest BCUT2D eigenvalue weighted by Gasteiger charge is -2.29. The average Bonchev–Trinajstić information content (AvgIpc) is 3.47. The standard InChI is InChI=1S/C26H31F2N5O2/c1-16(2)33-10-4-5-24(33)26(35)31-22(13-17-6-8-20(27)21(28)12-17)25(34)29-14-18-7-9-23-19(11-18)15-30-32(23)3/h6-9,11-12,15-16,22,24H,4-5,10,13-14H2,1-3H3,(H,29,34)(H,31,35)/t22-,24+/m0/s1. The molecule has 1 saturated heterocycles. The molecule has 1 aliphatic rings. The third-order valence-corrected chi connectivity index (χ3v) is 6.59. The molecule has 35 heavy (non-hydrogen) atoms. The van der Waals surface area contributed by atoms with Gasteiger partial charge in [0.1, 0.15) is 6.04 Å². The van der Waals surface area contributed by atoms with Crippen LogP contribution in [0.4, 0.5) is 8.78 Å². The van der Waals surface area contributed by atoms with E-state index in [-0.39, 0.29) is 36.9 Å². The van der Waals surface area contributed by atoms with E-state index in [0.29, 0.717) is 12.0 Å². The number of halogens is 2. The molecule has 4 rings (SSSR count). The summed E-state index contributed by atoms with van der Waals surface area (Å²) in [6, 6.07) is 8.27. The number of nitrogens with one attached hydrogen (secondary N) is 2. The van der Waals surface area contributed by atoms with E-state index in [1.807, 2.05) is 39.1 Å². The molecule has 1 aromatic heterocycles. The number of aryl methyl sites for hydroxylation is 1. The Bertz CT molecular complexity index is 1230. The predicted molar refractivity (Wildman–Crippen MR) is 129 cm³/mol. The molecular weight excluding hydrogens is 452 g/mol. The van der Waals surface area contributed by atoms with Gasteiger partial charge in [0.25, 0.3) is 0 Å². The van der Waals surface area contributed by atoms with Gasteiger partial charge < -0.3 is 10.6 Å². The summed E-state index contributed by atoms with van der Waals surface area (Å²) in [6.07, 6.45) is 3.43. The maximum absolute atomic E-state index is 13.8. The van der Waals surface area contributed by atoms with Crippen LogP contribution in [0, 0.1) is 11.6 Å². The lowest BCUT2D eigenvalue weighted by molar-refractivity contribution is -0.131. The summed E-state index contributed by atoms with van der Waals surface area (Å²) in [7, 11) is 1.86. The monoisotopic (exact) mass is 483 g/mol. The molecule has 1 aliphatic heterocycles. The number of nitrogens with zero attached hydrogens (tertiary/aromatic N) is 3. The highest BCUT2D eigenvalue weighted by molar-refractivity contribution is 5.90. The highest BCUT2D eigenvalue weighted by Crippen LogP contribution is 2.21. The van der Waals surface area contributed by atoms with E-state index in [1.54, 1.807) is 10.9 Å². The molecule has 2 heterocycles. The van der Waals surface area contributed by atoms with E-state index in [9.17, 15) is 18.4 Å². The van der Waals surface area contributed by atoms with Crippen molar-refractivity contribution < 1.29 is 18.4 Å². The number of hydrogen-bond donors (Lipinski definition) is 2. The number of likely N-dealkylation sites (tertiary alicyclic amines) is 1. The largest absolute Gasteiger partial charge is 0.350 e. The van der Waals surface area contributed by atoms with Crippen LogP contribution in [-0.4, -0.2) is 51.2 Å². The number of rotatable bonds is 8. The first-order valence-corrected chi connectivity index (χ1v) is 11.9. The molecule has 2 aromatic carbocycles. The van der Waals surface area contributed by atoms with Gasteiger partial charge in [-0.2, -0.15) is 5.10 Å². The topological polar surface area (TPSA) is 79.3 Å². The van der Waals surface area contributed by atoms with Crippen molar-refractivity contribution in [1.29, 1.82) is 0 Å². The quantitative estimate of drug-likeness (QED) is 0.516. The number of hydrogen-bond acceptors (Lipinski definition) is 4. The second-order valence-corrected chi connectivity index (χ2v) is 9.38. The second-order valence-electron chi connectivity index (χ2n) is 9.38. The van der Waals surface area contributed by atoms with Crippen LogP contribution in [0.25, 0.3) is 10.9 Å². The van der Waals surface area contributed by atoms with Crippen molar-refractivity contribution in [2.45, 2.75) is 57.8 Å². The van der Waals surface area contributed by atoms with Crippen LogP contribution in [0.15, 0.2) is 42.6 Å². The third-order valence-electron chi connectivity index (χ3n) is 6.59. The zero-order valence-electron chi connectivity index (χ0n) is 20.2. The van der Waals surface area contributed by atoms with Gasteiger partial charge in [-0.25, -0.2) is 8.78 Å². The summed E-state index contributed by atoms with van der Waals surface area (Å²) in [6.45, 7) is 5.16. The Kier molecular flexibility index (Phi) is 7.45. The second kappa shape index (κ2) is 10.5. The first-order chi connectivity index (χ1) is 16.7. The maximum Gasteiger partial charge on any atom is 0.243 e. The van der Waals surface area contributed by atoms with Crippen molar-refractivity contribution in [2.75, 3.05) is 6.54 Å². The Balaban J connectivity index is 1.49. The number of amides is 2. The van der Waals surface area contributed by atoms with Crippen molar-refractivity contribution >= 4 is 22.7 Å². The van der Waals surface area contributed by atoms with Gasteiger partial charge in [-0.05, 0) is 68.6 Å². The molecule has 7 nitrogen and oxygen atoms in total. The Morgan fingerprint density at radius 2 is 1.89 bits per heavy atom. The van der Waals surface area contributed by atoms with Gasteiger partial charge in [0.05, 0.1) is 17.8 Å². The van der Waals surface area contributed by atoms with Crippen LogP contribution < -0.4 is 10.6 Å². The van der Waals surface area contributed by atoms with Gasteiger partial charge in [-0.1, -0.05) is 12.1 Å². The summed E-state index contributed by atoms with van der Waals surface area (Å²) in [4.78, 5) is 28.4. The van der Waals surface area contributed by atoms with Crippen LogP contribution in [0.3, 0.4) is 0 Å². The number of carbonyl (C=O) groups excluding carboxylic acids is 2. The summed E-state index contributed by atoms with van der Waals surface area (Å²) in [5, 5.41) is 10.9. The minimum atomic E-state index is -0.987. The highest BCUT2D eigenvalue weighted by Gasteiger charge is 2.34. The molecular formula is C26H31F2N5O2. The Morgan fingerprint density at radius 3 is 2.63 bits per heavy atom. The molecule has 0 saturated carbocycles. The minimum absolute atomic E-state index is 0.0464. The van der Waals surface area contributed by atoms with Crippen molar-refractivity contribution in [3.8, 4) is 0 Å². The third kappa shape index (κ3) is 5.67. The molecule has 0 unspecified atom stereocenters. The normalized spacial score (nSPS) is 17.1. The lowest BCUT2D eigenvalue weighted by Crippen LogP contribution is -2.53. The molecule has 3 aromatic rings. The Labute approximate surface area is 203 Å². The molecule has 9 heteroatoms. The van der Waals surface area contributed by atoms with E-state index in [4.69, 9.17) is 0 Å². The molecule has 1 fully saturated rings. The molecule has 2 N–H and O–H groups in total. The van der Waals surface area contributed by atoms with Crippen molar-refractivity contribution in [2.24, 2.45) is 7.05 Å². The van der Waals surface area contributed by atoms with Crippen LogP contribution >= 0.6 is 0 Å². The molecule has 0 bridgehead atoms. The zero-order chi connectivity index (χ0) is 25.1. The predicted octanol–water partition coefficient (Wildman–Crippen LogP) is 3.07. The SMILES string of the molecule is CC(C)N1CCC[C@@H]1C(=O)N[C@@H](Cc1ccc(F)c(F)c1)C(=O)NCc1ccc2c(cnn2C)c1. The van der Waals surface area contributed by atoms with Gasteiger partial charge >= 0.3 is 0 Å². The average molecular weight is 484 g/mol. The summed E-state index contributed by atoms with van der Waals surface area (Å²) < 4.78 is 29.0. The van der Waals surface area contributed by atoms with Gasteiger partial charge in [-0.3, -0.25) is 19.2 Å².